The number of likely N-dealkylation sites (N-methyl/N-ethyl adjacent to an activating group) is 1. The van der Waals surface area contributed by atoms with E-state index in [-0.39, 0.29) is 23.8 Å². The van der Waals surface area contributed by atoms with E-state index in [1.165, 1.54) is 0 Å². The first-order chi connectivity index (χ1) is 9.63. The van der Waals surface area contributed by atoms with Gasteiger partial charge in [-0.05, 0) is 19.2 Å². The van der Waals surface area contributed by atoms with Crippen molar-refractivity contribution in [3.05, 3.63) is 29.1 Å². The van der Waals surface area contributed by atoms with Gasteiger partial charge in [-0.1, -0.05) is 0 Å². The maximum Gasteiger partial charge on any atom is 0.418 e. The first-order valence-corrected chi connectivity index (χ1v) is 5.94. The number of benzene rings is 1. The molecule has 2 aromatic rings. The van der Waals surface area contributed by atoms with Crippen LogP contribution in [0, 0.1) is 0 Å². The third-order valence-corrected chi connectivity index (χ3v) is 2.89. The lowest BCUT2D eigenvalue weighted by Gasteiger charge is -2.12. The third-order valence-electron chi connectivity index (χ3n) is 2.89. The van der Waals surface area contributed by atoms with Crippen LogP contribution in [0.3, 0.4) is 0 Å². The third kappa shape index (κ3) is 3.29. The van der Waals surface area contributed by atoms with E-state index in [1.54, 1.807) is 7.05 Å². The van der Waals surface area contributed by atoms with E-state index >= 15 is 0 Å². The van der Waals surface area contributed by atoms with Crippen molar-refractivity contribution in [1.29, 1.82) is 0 Å². The van der Waals surface area contributed by atoms with Crippen molar-refractivity contribution in [3.8, 4) is 0 Å². The van der Waals surface area contributed by atoms with Crippen molar-refractivity contribution in [1.82, 2.24) is 15.3 Å². The number of hydrogen-bond acceptors (Lipinski definition) is 2. The molecule has 21 heavy (non-hydrogen) atoms. The van der Waals surface area contributed by atoms with E-state index in [1.807, 2.05) is 0 Å². The summed E-state index contributed by atoms with van der Waals surface area (Å²) in [5.41, 5.74) is -3.51. The van der Waals surface area contributed by atoms with E-state index in [4.69, 9.17) is 0 Å². The van der Waals surface area contributed by atoms with Crippen LogP contribution in [-0.4, -0.2) is 23.6 Å². The van der Waals surface area contributed by atoms with E-state index in [2.05, 4.69) is 15.3 Å². The Morgan fingerprint density at radius 1 is 1.10 bits per heavy atom. The van der Waals surface area contributed by atoms with Crippen molar-refractivity contribution >= 4 is 11.0 Å². The summed E-state index contributed by atoms with van der Waals surface area (Å²) in [7, 11) is 1.64. The van der Waals surface area contributed by atoms with Crippen LogP contribution >= 0.6 is 0 Å². The highest BCUT2D eigenvalue weighted by atomic mass is 19.4. The topological polar surface area (TPSA) is 40.7 Å². The number of hydrogen-bond donors (Lipinski definition) is 2. The monoisotopic (exact) mass is 311 g/mol. The van der Waals surface area contributed by atoms with Crippen LogP contribution in [0.4, 0.5) is 26.3 Å². The Bertz CT molecular complexity index is 641. The SMILES string of the molecule is CNCCc1nc2cc(C(F)(F)F)cc(C(F)(F)F)c2[nH]1. The van der Waals surface area contributed by atoms with Crippen LogP contribution in [0.5, 0.6) is 0 Å². The van der Waals surface area contributed by atoms with E-state index in [0.717, 1.165) is 0 Å². The first-order valence-electron chi connectivity index (χ1n) is 5.94. The Morgan fingerprint density at radius 3 is 2.29 bits per heavy atom. The molecule has 1 aromatic carbocycles. The molecule has 0 saturated carbocycles. The Morgan fingerprint density at radius 2 is 1.76 bits per heavy atom. The second-order valence-corrected chi connectivity index (χ2v) is 4.45. The average Bonchev–Trinajstić information content (AvgIpc) is 2.75. The smallest absolute Gasteiger partial charge is 0.341 e. The number of rotatable bonds is 3. The summed E-state index contributed by atoms with van der Waals surface area (Å²) in [5, 5.41) is 2.78. The van der Waals surface area contributed by atoms with Gasteiger partial charge in [-0.15, -0.1) is 0 Å². The van der Waals surface area contributed by atoms with Gasteiger partial charge in [-0.25, -0.2) is 4.98 Å². The maximum atomic E-state index is 12.9. The van der Waals surface area contributed by atoms with E-state index in [9.17, 15) is 26.3 Å². The molecule has 0 fully saturated rings. The van der Waals surface area contributed by atoms with Gasteiger partial charge in [-0.3, -0.25) is 0 Å². The largest absolute Gasteiger partial charge is 0.418 e. The van der Waals surface area contributed by atoms with Crippen molar-refractivity contribution in [2.24, 2.45) is 0 Å². The first kappa shape index (κ1) is 15.6. The summed E-state index contributed by atoms with van der Waals surface area (Å²) in [4.78, 5) is 6.25. The van der Waals surface area contributed by atoms with Gasteiger partial charge in [0.05, 0.1) is 22.2 Å². The van der Waals surface area contributed by atoms with Crippen LogP contribution < -0.4 is 5.32 Å². The number of nitrogens with one attached hydrogen (secondary N) is 2. The fraction of sp³-hybridized carbons (Fsp3) is 0.417. The maximum absolute atomic E-state index is 12.9. The molecule has 0 unspecified atom stereocenters. The number of halogens is 6. The van der Waals surface area contributed by atoms with Crippen LogP contribution in [0.1, 0.15) is 17.0 Å². The molecule has 0 radical (unpaired) electrons. The van der Waals surface area contributed by atoms with Crippen molar-refractivity contribution in [2.75, 3.05) is 13.6 Å². The predicted molar refractivity (Wildman–Crippen MR) is 63.7 cm³/mol. The predicted octanol–water partition coefficient (Wildman–Crippen LogP) is 3.36. The molecular weight excluding hydrogens is 300 g/mol. The second kappa shape index (κ2) is 5.21. The zero-order chi connectivity index (χ0) is 15.8. The normalized spacial score (nSPS) is 13.1. The van der Waals surface area contributed by atoms with Crippen molar-refractivity contribution in [2.45, 2.75) is 18.8 Å². The number of imidazole rings is 1. The minimum Gasteiger partial charge on any atom is -0.341 e. The molecule has 0 spiro atoms. The van der Waals surface area contributed by atoms with Gasteiger partial charge in [0.15, 0.2) is 0 Å². The lowest BCUT2D eigenvalue weighted by Crippen LogP contribution is -2.11. The molecule has 9 heteroatoms. The van der Waals surface area contributed by atoms with Gasteiger partial charge in [0, 0.05) is 13.0 Å². The molecule has 0 atom stereocenters. The molecular formula is C12H11F6N3. The zero-order valence-electron chi connectivity index (χ0n) is 10.8. The number of aromatic nitrogens is 2. The Hall–Kier alpha value is -1.77. The van der Waals surface area contributed by atoms with Gasteiger partial charge in [0.25, 0.3) is 0 Å². The Labute approximate surface area is 115 Å². The molecule has 2 N–H and O–H groups in total. The molecule has 0 saturated heterocycles. The fourth-order valence-corrected chi connectivity index (χ4v) is 1.91. The van der Waals surface area contributed by atoms with Gasteiger partial charge in [-0.2, -0.15) is 26.3 Å². The van der Waals surface area contributed by atoms with Gasteiger partial charge in [0.1, 0.15) is 5.82 Å². The van der Waals surface area contributed by atoms with Crippen molar-refractivity contribution < 1.29 is 26.3 Å². The summed E-state index contributed by atoms with van der Waals surface area (Å²) in [6, 6.07) is 0.715. The van der Waals surface area contributed by atoms with Crippen LogP contribution in [-0.2, 0) is 18.8 Å². The highest BCUT2D eigenvalue weighted by Crippen LogP contribution is 2.39. The molecule has 2 rings (SSSR count). The van der Waals surface area contributed by atoms with Gasteiger partial charge < -0.3 is 10.3 Å². The summed E-state index contributed by atoms with van der Waals surface area (Å²) in [6.07, 6.45) is -9.48. The molecule has 3 nitrogen and oxygen atoms in total. The van der Waals surface area contributed by atoms with Crippen molar-refractivity contribution in [3.63, 3.8) is 0 Å². The molecule has 1 aromatic heterocycles. The Kier molecular flexibility index (Phi) is 3.87. The number of H-pyrrole nitrogens is 1. The molecule has 0 aliphatic rings. The summed E-state index contributed by atoms with van der Waals surface area (Å²) in [6.45, 7) is 0.438. The average molecular weight is 311 g/mol. The number of fused-ring (bicyclic) bond motifs is 1. The molecule has 116 valence electrons. The number of nitrogens with zero attached hydrogens (tertiary/aromatic N) is 1. The number of aromatic amines is 1. The minimum atomic E-state index is -4.90. The summed E-state index contributed by atoms with van der Waals surface area (Å²) in [5.74, 6) is 0.198. The van der Waals surface area contributed by atoms with Crippen LogP contribution in [0.2, 0.25) is 0 Å². The van der Waals surface area contributed by atoms with Gasteiger partial charge >= 0.3 is 12.4 Å². The summed E-state index contributed by atoms with van der Waals surface area (Å²) >= 11 is 0. The zero-order valence-corrected chi connectivity index (χ0v) is 10.8. The standard InChI is InChI=1S/C12H11F6N3/c1-19-3-2-9-20-8-5-6(11(13,14)15)4-7(10(8)21-9)12(16,17)18/h4-5,19H,2-3H2,1H3,(H,20,21). The van der Waals surface area contributed by atoms with Crippen LogP contribution in [0.25, 0.3) is 11.0 Å². The molecule has 0 amide bonds. The van der Waals surface area contributed by atoms with E-state index < -0.39 is 29.0 Å². The number of alkyl halides is 6. The summed E-state index contributed by atoms with van der Waals surface area (Å²) < 4.78 is 76.8. The highest BCUT2D eigenvalue weighted by Gasteiger charge is 2.38. The minimum absolute atomic E-state index is 0.0996. The fourth-order valence-electron chi connectivity index (χ4n) is 1.91. The lowest BCUT2D eigenvalue weighted by molar-refractivity contribution is -0.142. The molecule has 0 aliphatic heterocycles. The Balaban J connectivity index is 2.63. The molecule has 0 aliphatic carbocycles. The van der Waals surface area contributed by atoms with E-state index in [0.29, 0.717) is 12.6 Å². The quantitative estimate of drug-likeness (QED) is 0.853. The molecule has 1 heterocycles. The second-order valence-electron chi connectivity index (χ2n) is 4.45. The molecule has 0 bridgehead atoms. The van der Waals surface area contributed by atoms with Crippen LogP contribution in [0.15, 0.2) is 12.1 Å². The van der Waals surface area contributed by atoms with Gasteiger partial charge in [0.2, 0.25) is 0 Å². The highest BCUT2D eigenvalue weighted by molar-refractivity contribution is 5.80. The lowest BCUT2D eigenvalue weighted by atomic mass is 10.1.